The van der Waals surface area contributed by atoms with Crippen LogP contribution < -0.4 is 16.4 Å². The second-order valence-corrected chi connectivity index (χ2v) is 11.8. The van der Waals surface area contributed by atoms with Gasteiger partial charge in [0, 0.05) is 23.8 Å². The van der Waals surface area contributed by atoms with Gasteiger partial charge in [0.15, 0.2) is 6.10 Å². The Kier molecular flexibility index (Phi) is 9.75. The monoisotopic (exact) mass is 526 g/mol. The second-order valence-electron chi connectivity index (χ2n) is 10.2. The summed E-state index contributed by atoms with van der Waals surface area (Å²) in [5, 5.41) is 17.0. The average molecular weight is 527 g/mol. The molecule has 2 aromatic rings. The van der Waals surface area contributed by atoms with Crippen molar-refractivity contribution in [2.24, 2.45) is 5.73 Å². The van der Waals surface area contributed by atoms with Crippen LogP contribution in [0.5, 0.6) is 0 Å². The molecule has 0 spiro atoms. The predicted molar refractivity (Wildman–Crippen MR) is 147 cm³/mol. The molecule has 1 fully saturated rings. The number of nitrogens with one attached hydrogen (secondary N) is 2. The first-order chi connectivity index (χ1) is 17.5. The van der Waals surface area contributed by atoms with Crippen molar-refractivity contribution in [3.05, 3.63) is 71.3 Å². The number of thioether (sulfide) groups is 1. The van der Waals surface area contributed by atoms with Gasteiger partial charge in [-0.1, -0.05) is 54.6 Å². The van der Waals surface area contributed by atoms with Crippen LogP contribution in [0.15, 0.2) is 54.6 Å². The molecule has 1 saturated heterocycles. The lowest BCUT2D eigenvalue weighted by Gasteiger charge is -2.33. The third-order valence-corrected chi connectivity index (χ3v) is 7.95. The predicted octanol–water partition coefficient (Wildman–Crippen LogP) is 2.12. The normalized spacial score (nSPS) is 19.1. The average Bonchev–Trinajstić information content (AvgIpc) is 3.17. The van der Waals surface area contributed by atoms with Gasteiger partial charge < -0.3 is 26.4 Å². The summed E-state index contributed by atoms with van der Waals surface area (Å²) in [5.74, 6) is -0.945. The van der Waals surface area contributed by atoms with Crippen LogP contribution in [0.25, 0.3) is 0 Å². The van der Waals surface area contributed by atoms with Gasteiger partial charge in [0.2, 0.25) is 11.8 Å². The van der Waals surface area contributed by atoms with Crippen LogP contribution in [0.2, 0.25) is 0 Å². The Balaban J connectivity index is 1.78. The molecule has 37 heavy (non-hydrogen) atoms. The SMILES string of the molecule is Cc1ccccc1CNC(=O)[C@H]1N(C(=O)[C@@H](O)[C@H](Cc2ccccc2)NC(=O)CC(C)N)CSC1(C)C. The largest absolute Gasteiger partial charge is 0.381 e. The number of nitrogens with zero attached hydrogens (tertiary/aromatic N) is 1. The van der Waals surface area contributed by atoms with Crippen molar-refractivity contribution < 1.29 is 19.5 Å². The van der Waals surface area contributed by atoms with E-state index >= 15 is 0 Å². The highest BCUT2D eigenvalue weighted by molar-refractivity contribution is 8.00. The van der Waals surface area contributed by atoms with Gasteiger partial charge in [0.25, 0.3) is 5.91 Å². The van der Waals surface area contributed by atoms with E-state index in [0.717, 1.165) is 16.7 Å². The molecule has 1 aliphatic rings. The molecular weight excluding hydrogens is 488 g/mol. The second kappa shape index (κ2) is 12.6. The van der Waals surface area contributed by atoms with Crippen molar-refractivity contribution in [1.29, 1.82) is 0 Å². The van der Waals surface area contributed by atoms with E-state index in [2.05, 4.69) is 10.6 Å². The number of carbonyl (C=O) groups excluding carboxylic acids is 3. The maximum atomic E-state index is 13.6. The molecule has 8 nitrogen and oxygen atoms in total. The highest BCUT2D eigenvalue weighted by atomic mass is 32.2. The Morgan fingerprint density at radius 3 is 2.43 bits per heavy atom. The Bertz CT molecular complexity index is 1090. The first-order valence-electron chi connectivity index (χ1n) is 12.5. The molecule has 0 aromatic heterocycles. The molecule has 1 heterocycles. The molecule has 5 N–H and O–H groups in total. The van der Waals surface area contributed by atoms with Crippen LogP contribution in [0.3, 0.4) is 0 Å². The fourth-order valence-electron chi connectivity index (χ4n) is 4.51. The van der Waals surface area contributed by atoms with Crippen LogP contribution in [-0.2, 0) is 27.3 Å². The van der Waals surface area contributed by atoms with Gasteiger partial charge in [0.1, 0.15) is 6.04 Å². The van der Waals surface area contributed by atoms with Gasteiger partial charge in [-0.2, -0.15) is 0 Å². The third-order valence-electron chi connectivity index (χ3n) is 6.58. The summed E-state index contributed by atoms with van der Waals surface area (Å²) >= 11 is 1.48. The fourth-order valence-corrected chi connectivity index (χ4v) is 5.65. The lowest BCUT2D eigenvalue weighted by Crippen LogP contribution is -2.58. The first kappa shape index (κ1) is 28.7. The number of aliphatic hydroxyl groups excluding tert-OH is 1. The Morgan fingerprint density at radius 1 is 1.14 bits per heavy atom. The number of benzene rings is 2. The van der Waals surface area contributed by atoms with Crippen LogP contribution in [0.1, 0.15) is 43.9 Å². The summed E-state index contributed by atoms with van der Waals surface area (Å²) in [6.45, 7) is 7.88. The van der Waals surface area contributed by atoms with Crippen LogP contribution in [0, 0.1) is 6.92 Å². The summed E-state index contributed by atoms with van der Waals surface area (Å²) in [4.78, 5) is 40.9. The van der Waals surface area contributed by atoms with E-state index < -0.39 is 28.8 Å². The number of carbonyl (C=O) groups is 3. The van der Waals surface area contributed by atoms with E-state index in [1.807, 2.05) is 75.4 Å². The van der Waals surface area contributed by atoms with Crippen molar-refractivity contribution in [1.82, 2.24) is 15.5 Å². The molecule has 9 heteroatoms. The van der Waals surface area contributed by atoms with E-state index in [0.29, 0.717) is 6.54 Å². The smallest absolute Gasteiger partial charge is 0.254 e. The molecule has 0 bridgehead atoms. The first-order valence-corrected chi connectivity index (χ1v) is 13.5. The van der Waals surface area contributed by atoms with Gasteiger partial charge in [-0.25, -0.2) is 0 Å². The number of amides is 3. The number of hydrogen-bond donors (Lipinski definition) is 4. The molecule has 4 atom stereocenters. The number of rotatable bonds is 10. The minimum Gasteiger partial charge on any atom is -0.381 e. The van der Waals surface area contributed by atoms with Gasteiger partial charge in [-0.3, -0.25) is 14.4 Å². The summed E-state index contributed by atoms with van der Waals surface area (Å²) in [6.07, 6.45) is -1.20. The topological polar surface area (TPSA) is 125 Å². The van der Waals surface area contributed by atoms with E-state index in [1.165, 1.54) is 16.7 Å². The van der Waals surface area contributed by atoms with Gasteiger partial charge in [-0.15, -0.1) is 11.8 Å². The zero-order valence-corrected chi connectivity index (χ0v) is 22.8. The van der Waals surface area contributed by atoms with E-state index in [4.69, 9.17) is 5.73 Å². The molecule has 3 amide bonds. The number of hydrogen-bond acceptors (Lipinski definition) is 6. The zero-order chi connectivity index (χ0) is 27.2. The van der Waals surface area contributed by atoms with E-state index in [9.17, 15) is 19.5 Å². The minimum absolute atomic E-state index is 0.0722. The molecule has 0 aliphatic carbocycles. The fraction of sp³-hybridized carbons (Fsp3) is 0.464. The lowest BCUT2D eigenvalue weighted by atomic mass is 9.97. The van der Waals surface area contributed by atoms with Crippen molar-refractivity contribution in [2.75, 3.05) is 5.88 Å². The van der Waals surface area contributed by atoms with Crippen LogP contribution in [0.4, 0.5) is 0 Å². The highest BCUT2D eigenvalue weighted by Gasteiger charge is 2.49. The van der Waals surface area contributed by atoms with Crippen LogP contribution >= 0.6 is 11.8 Å². The Labute approximate surface area is 223 Å². The molecule has 1 unspecified atom stereocenters. The summed E-state index contributed by atoms with van der Waals surface area (Å²) in [6, 6.07) is 15.1. The summed E-state index contributed by atoms with van der Waals surface area (Å²) < 4.78 is -0.557. The van der Waals surface area contributed by atoms with Gasteiger partial charge in [-0.05, 0) is 50.8 Å². The van der Waals surface area contributed by atoms with Crippen molar-refractivity contribution >= 4 is 29.5 Å². The number of aryl methyl sites for hydroxylation is 1. The Morgan fingerprint density at radius 2 is 1.78 bits per heavy atom. The molecule has 0 saturated carbocycles. The summed E-state index contributed by atoms with van der Waals surface area (Å²) in [7, 11) is 0. The van der Waals surface area contributed by atoms with Crippen molar-refractivity contribution in [3.63, 3.8) is 0 Å². The van der Waals surface area contributed by atoms with Gasteiger partial charge in [0.05, 0.1) is 11.9 Å². The van der Waals surface area contributed by atoms with Gasteiger partial charge >= 0.3 is 0 Å². The number of aliphatic hydroxyl groups is 1. The maximum Gasteiger partial charge on any atom is 0.254 e. The highest BCUT2D eigenvalue weighted by Crippen LogP contribution is 2.40. The minimum atomic E-state index is -1.53. The lowest BCUT2D eigenvalue weighted by molar-refractivity contribution is -0.147. The molecule has 0 radical (unpaired) electrons. The molecular formula is C28H38N4O4S. The van der Waals surface area contributed by atoms with E-state index in [-0.39, 0.29) is 36.6 Å². The summed E-state index contributed by atoms with van der Waals surface area (Å²) in [5.41, 5.74) is 8.70. The molecule has 2 aromatic carbocycles. The molecule has 1 aliphatic heterocycles. The zero-order valence-electron chi connectivity index (χ0n) is 21.9. The van der Waals surface area contributed by atoms with E-state index in [1.54, 1.807) is 6.92 Å². The number of nitrogens with two attached hydrogens (primary N) is 1. The Hall–Kier alpha value is -2.88. The maximum absolute atomic E-state index is 13.6. The molecule has 200 valence electrons. The van der Waals surface area contributed by atoms with Crippen LogP contribution in [-0.4, -0.2) is 62.6 Å². The molecule has 3 rings (SSSR count). The van der Waals surface area contributed by atoms with Crippen molar-refractivity contribution in [3.8, 4) is 0 Å². The quantitative estimate of drug-likeness (QED) is 0.376. The third kappa shape index (κ3) is 7.56. The van der Waals surface area contributed by atoms with Crippen molar-refractivity contribution in [2.45, 2.75) is 76.1 Å². The standard InChI is InChI=1S/C28H38N4O4S/c1-18-10-8-9-13-21(18)16-30-26(35)25-28(3,4)37-17-32(25)27(36)24(34)22(31-23(33)14-19(2)29)15-20-11-6-5-7-12-20/h5-13,19,22,24-25,34H,14-17,29H2,1-4H3,(H,30,35)(H,31,33)/t19?,22-,24-,25+/m0/s1.